The Morgan fingerprint density at radius 2 is 2.14 bits per heavy atom. The van der Waals surface area contributed by atoms with Gasteiger partial charge < -0.3 is 0 Å². The van der Waals surface area contributed by atoms with Crippen LogP contribution in [0.25, 0.3) is 0 Å². The van der Waals surface area contributed by atoms with Crippen molar-refractivity contribution in [1.82, 2.24) is 20.2 Å². The summed E-state index contributed by atoms with van der Waals surface area (Å²) in [6.45, 7) is 9.23. The zero-order valence-corrected chi connectivity index (χ0v) is 9.91. The fourth-order valence-corrected chi connectivity index (χ4v) is 1.28. The molecule has 0 amide bonds. The van der Waals surface area contributed by atoms with Crippen molar-refractivity contribution in [2.45, 2.75) is 46.0 Å². The van der Waals surface area contributed by atoms with Crippen LogP contribution in [0.3, 0.4) is 0 Å². The summed E-state index contributed by atoms with van der Waals surface area (Å²) >= 11 is 5.96. The maximum absolute atomic E-state index is 5.96. The molecule has 1 aromatic heterocycles. The number of hydrogen-bond donors (Lipinski definition) is 0. The molecule has 1 atom stereocenters. The Kier molecular flexibility index (Phi) is 3.48. The third-order valence-electron chi connectivity index (χ3n) is 2.45. The van der Waals surface area contributed by atoms with Crippen molar-refractivity contribution in [3.8, 4) is 0 Å². The number of rotatable bonds is 4. The molecule has 0 radical (unpaired) electrons. The highest BCUT2D eigenvalue weighted by molar-refractivity contribution is 6.20. The molecule has 0 fully saturated rings. The van der Waals surface area contributed by atoms with E-state index in [0.29, 0.717) is 0 Å². The van der Waals surface area contributed by atoms with E-state index >= 15 is 0 Å². The second kappa shape index (κ2) is 4.26. The van der Waals surface area contributed by atoms with Crippen LogP contribution in [0.1, 0.15) is 45.3 Å². The van der Waals surface area contributed by atoms with E-state index in [1.54, 1.807) is 4.68 Å². The molecule has 0 N–H and O–H groups in total. The van der Waals surface area contributed by atoms with Gasteiger partial charge in [0.2, 0.25) is 0 Å². The third kappa shape index (κ3) is 2.67. The predicted octanol–water partition coefficient (Wildman–Crippen LogP) is 2.41. The van der Waals surface area contributed by atoms with Gasteiger partial charge in [0.05, 0.1) is 5.38 Å². The molecule has 80 valence electrons. The molecule has 0 aliphatic heterocycles. The number of hydrogen-bond acceptors (Lipinski definition) is 3. The van der Waals surface area contributed by atoms with Crippen molar-refractivity contribution in [1.29, 1.82) is 0 Å². The van der Waals surface area contributed by atoms with Gasteiger partial charge in [0.15, 0.2) is 5.82 Å². The lowest BCUT2D eigenvalue weighted by Crippen LogP contribution is -2.21. The summed E-state index contributed by atoms with van der Waals surface area (Å²) in [5.74, 6) is 0.744. The summed E-state index contributed by atoms with van der Waals surface area (Å²) in [7, 11) is 0. The monoisotopic (exact) mass is 216 g/mol. The molecule has 0 aliphatic rings. The van der Waals surface area contributed by atoms with Crippen molar-refractivity contribution in [3.63, 3.8) is 0 Å². The van der Waals surface area contributed by atoms with Gasteiger partial charge in [0, 0.05) is 6.54 Å². The molecule has 5 heteroatoms. The van der Waals surface area contributed by atoms with E-state index in [2.05, 4.69) is 36.3 Å². The maximum atomic E-state index is 5.96. The standard InChI is InChI=1S/C9H17ClN4/c1-5-9(3,4)6-14-8(7(2)10)11-12-13-14/h7H,5-6H2,1-4H3. The van der Waals surface area contributed by atoms with E-state index in [1.807, 2.05) is 6.92 Å². The van der Waals surface area contributed by atoms with Crippen LogP contribution in [-0.4, -0.2) is 20.2 Å². The molecule has 0 saturated heterocycles. The van der Waals surface area contributed by atoms with Crippen LogP contribution in [0.4, 0.5) is 0 Å². The topological polar surface area (TPSA) is 43.6 Å². The van der Waals surface area contributed by atoms with Gasteiger partial charge in [-0.1, -0.05) is 20.8 Å². The normalized spacial score (nSPS) is 14.4. The molecule has 4 nitrogen and oxygen atoms in total. The highest BCUT2D eigenvalue weighted by Crippen LogP contribution is 2.24. The first-order valence-electron chi connectivity index (χ1n) is 4.86. The minimum Gasteiger partial charge on any atom is -0.228 e. The van der Waals surface area contributed by atoms with Crippen LogP contribution in [0.2, 0.25) is 0 Å². The summed E-state index contributed by atoms with van der Waals surface area (Å²) in [6, 6.07) is 0. The maximum Gasteiger partial charge on any atom is 0.168 e. The van der Waals surface area contributed by atoms with Gasteiger partial charge in [-0.2, -0.15) is 0 Å². The largest absolute Gasteiger partial charge is 0.228 e. The van der Waals surface area contributed by atoms with E-state index in [1.165, 1.54) is 0 Å². The first-order valence-corrected chi connectivity index (χ1v) is 5.30. The van der Waals surface area contributed by atoms with Crippen molar-refractivity contribution < 1.29 is 0 Å². The second-order valence-electron chi connectivity index (χ2n) is 4.33. The molecule has 0 spiro atoms. The fourth-order valence-electron chi connectivity index (χ4n) is 1.13. The van der Waals surface area contributed by atoms with Crippen molar-refractivity contribution in [2.75, 3.05) is 0 Å². The van der Waals surface area contributed by atoms with E-state index < -0.39 is 0 Å². The first kappa shape index (κ1) is 11.4. The Labute approximate surface area is 89.6 Å². The van der Waals surface area contributed by atoms with E-state index in [0.717, 1.165) is 18.8 Å². The molecule has 0 saturated carbocycles. The van der Waals surface area contributed by atoms with Crippen LogP contribution in [-0.2, 0) is 6.54 Å². The predicted molar refractivity (Wildman–Crippen MR) is 56.2 cm³/mol. The lowest BCUT2D eigenvalue weighted by atomic mass is 9.90. The lowest BCUT2D eigenvalue weighted by molar-refractivity contribution is 0.273. The van der Waals surface area contributed by atoms with Gasteiger partial charge in [-0.3, -0.25) is 0 Å². The molecule has 0 aliphatic carbocycles. The second-order valence-corrected chi connectivity index (χ2v) is 4.98. The number of tetrazole rings is 1. The third-order valence-corrected chi connectivity index (χ3v) is 2.65. The van der Waals surface area contributed by atoms with Crippen LogP contribution >= 0.6 is 11.6 Å². The number of nitrogens with zero attached hydrogens (tertiary/aromatic N) is 4. The molecule has 0 aromatic carbocycles. The smallest absolute Gasteiger partial charge is 0.168 e. The highest BCUT2D eigenvalue weighted by Gasteiger charge is 2.20. The van der Waals surface area contributed by atoms with Crippen molar-refractivity contribution in [3.05, 3.63) is 5.82 Å². The highest BCUT2D eigenvalue weighted by atomic mass is 35.5. The number of halogens is 1. The van der Waals surface area contributed by atoms with Crippen molar-refractivity contribution in [2.24, 2.45) is 5.41 Å². The molecule has 0 bridgehead atoms. The minimum atomic E-state index is -0.141. The Morgan fingerprint density at radius 1 is 1.50 bits per heavy atom. The molecular weight excluding hydrogens is 200 g/mol. The van der Waals surface area contributed by atoms with E-state index in [4.69, 9.17) is 11.6 Å². The van der Waals surface area contributed by atoms with Gasteiger partial charge >= 0.3 is 0 Å². The van der Waals surface area contributed by atoms with Gasteiger partial charge in [0.25, 0.3) is 0 Å². The fraction of sp³-hybridized carbons (Fsp3) is 0.889. The molecule has 1 rings (SSSR count). The Balaban J connectivity index is 2.81. The van der Waals surface area contributed by atoms with Gasteiger partial charge in [-0.25, -0.2) is 4.68 Å². The minimum absolute atomic E-state index is 0.141. The SMILES string of the molecule is CCC(C)(C)Cn1nnnc1C(C)Cl. The summed E-state index contributed by atoms with van der Waals surface area (Å²) in [5.41, 5.74) is 0.204. The molecule has 1 aromatic rings. The van der Waals surface area contributed by atoms with E-state index in [9.17, 15) is 0 Å². The lowest BCUT2D eigenvalue weighted by Gasteiger charge is -2.22. The zero-order chi connectivity index (χ0) is 10.8. The van der Waals surface area contributed by atoms with Crippen LogP contribution in [0, 0.1) is 5.41 Å². The average molecular weight is 217 g/mol. The molecule has 1 unspecified atom stereocenters. The quantitative estimate of drug-likeness (QED) is 0.726. The zero-order valence-electron chi connectivity index (χ0n) is 9.16. The molecule has 1 heterocycles. The molecular formula is C9H17ClN4. The van der Waals surface area contributed by atoms with Crippen molar-refractivity contribution >= 4 is 11.6 Å². The van der Waals surface area contributed by atoms with E-state index in [-0.39, 0.29) is 10.8 Å². The first-order chi connectivity index (χ1) is 6.46. The average Bonchev–Trinajstić information content (AvgIpc) is 2.51. The van der Waals surface area contributed by atoms with Gasteiger partial charge in [-0.05, 0) is 29.2 Å². The summed E-state index contributed by atoms with van der Waals surface area (Å²) < 4.78 is 1.79. The molecule has 14 heavy (non-hydrogen) atoms. The number of alkyl halides is 1. The Hall–Kier alpha value is -0.640. The Morgan fingerprint density at radius 3 is 2.64 bits per heavy atom. The Bertz CT molecular complexity index is 293. The van der Waals surface area contributed by atoms with Gasteiger partial charge in [0.1, 0.15) is 0 Å². The summed E-state index contributed by atoms with van der Waals surface area (Å²) in [5, 5.41) is 11.3. The van der Waals surface area contributed by atoms with Gasteiger partial charge in [-0.15, -0.1) is 16.7 Å². The summed E-state index contributed by atoms with van der Waals surface area (Å²) in [6.07, 6.45) is 1.09. The van der Waals surface area contributed by atoms with Crippen LogP contribution in [0.5, 0.6) is 0 Å². The summed E-state index contributed by atoms with van der Waals surface area (Å²) in [4.78, 5) is 0. The number of aromatic nitrogens is 4. The van der Waals surface area contributed by atoms with Crippen LogP contribution in [0.15, 0.2) is 0 Å². The van der Waals surface area contributed by atoms with Crippen LogP contribution < -0.4 is 0 Å².